The molecule has 0 bridgehead atoms. The van der Waals surface area contributed by atoms with E-state index in [1.807, 2.05) is 4.90 Å². The average Bonchev–Trinajstić information content (AvgIpc) is 3.16. The van der Waals surface area contributed by atoms with Gasteiger partial charge in [0.2, 0.25) is 0 Å². The Hall–Kier alpha value is -2.33. The van der Waals surface area contributed by atoms with Crippen molar-refractivity contribution in [1.29, 1.82) is 0 Å². The number of fused-ring (bicyclic) bond motifs is 1. The number of anilines is 1. The van der Waals surface area contributed by atoms with Crippen LogP contribution in [-0.2, 0) is 4.74 Å². The number of rotatable bonds is 7. The number of aliphatic hydroxyl groups excluding tert-OH is 3. The molecule has 25 heavy (non-hydrogen) atoms. The van der Waals surface area contributed by atoms with Crippen LogP contribution in [0.1, 0.15) is 6.23 Å². The minimum absolute atomic E-state index is 0.395. The average molecular weight is 347 g/mol. The molecule has 3 N–H and O–H groups in total. The highest BCUT2D eigenvalue weighted by atomic mass is 16.6. The summed E-state index contributed by atoms with van der Waals surface area (Å²) in [6.07, 6.45) is 2.22. The smallest absolute Gasteiger partial charge is 0.167 e. The van der Waals surface area contributed by atoms with Gasteiger partial charge in [-0.3, -0.25) is 4.57 Å². The molecular weight excluding hydrogens is 326 g/mol. The first-order valence-electron chi connectivity index (χ1n) is 7.89. The maximum atomic E-state index is 10.2. The Kier molecular flexibility index (Phi) is 5.09. The Morgan fingerprint density at radius 3 is 2.48 bits per heavy atom. The molecule has 3 heterocycles. The molecule has 1 saturated heterocycles. The molecule has 1 fully saturated rings. The van der Waals surface area contributed by atoms with Crippen LogP contribution in [0.2, 0.25) is 0 Å². The van der Waals surface area contributed by atoms with Gasteiger partial charge >= 0.3 is 0 Å². The van der Waals surface area contributed by atoms with Crippen molar-refractivity contribution in [3.63, 3.8) is 0 Å². The minimum Gasteiger partial charge on any atom is -0.394 e. The SMILES string of the molecule is C=CCN(CC=C)c1ncnc2c1ncn2C1O[C@H](CO)[C@@H](O)[C@H]1O. The van der Waals surface area contributed by atoms with Crippen LogP contribution in [0.3, 0.4) is 0 Å². The molecule has 0 amide bonds. The quantitative estimate of drug-likeness (QED) is 0.580. The van der Waals surface area contributed by atoms with E-state index in [4.69, 9.17) is 4.74 Å². The molecule has 0 saturated carbocycles. The summed E-state index contributed by atoms with van der Waals surface area (Å²) in [5.41, 5.74) is 0.988. The molecule has 4 atom stereocenters. The third-order valence-corrected chi connectivity index (χ3v) is 4.13. The van der Waals surface area contributed by atoms with Crippen LogP contribution >= 0.6 is 0 Å². The number of aromatic nitrogens is 4. The molecule has 2 aromatic rings. The van der Waals surface area contributed by atoms with Crippen molar-refractivity contribution in [2.75, 3.05) is 24.6 Å². The zero-order chi connectivity index (χ0) is 18.0. The Bertz CT molecular complexity index is 754. The number of nitrogens with zero attached hydrogens (tertiary/aromatic N) is 5. The zero-order valence-corrected chi connectivity index (χ0v) is 13.6. The van der Waals surface area contributed by atoms with Gasteiger partial charge < -0.3 is 25.0 Å². The van der Waals surface area contributed by atoms with E-state index in [0.29, 0.717) is 30.1 Å². The van der Waals surface area contributed by atoms with E-state index in [2.05, 4.69) is 28.1 Å². The van der Waals surface area contributed by atoms with Gasteiger partial charge in [0.05, 0.1) is 12.9 Å². The molecule has 0 aromatic carbocycles. The highest BCUT2D eigenvalue weighted by Crippen LogP contribution is 2.32. The van der Waals surface area contributed by atoms with Gasteiger partial charge in [-0.2, -0.15) is 0 Å². The summed E-state index contributed by atoms with van der Waals surface area (Å²) in [5.74, 6) is 0.607. The number of ether oxygens (including phenoxy) is 1. The predicted molar refractivity (Wildman–Crippen MR) is 90.9 cm³/mol. The number of imidazole rings is 1. The summed E-state index contributed by atoms with van der Waals surface area (Å²) in [5, 5.41) is 29.4. The highest BCUT2D eigenvalue weighted by Gasteiger charge is 2.44. The second kappa shape index (κ2) is 7.28. The van der Waals surface area contributed by atoms with Crippen LogP contribution in [0.4, 0.5) is 5.82 Å². The van der Waals surface area contributed by atoms with Gasteiger partial charge in [0.25, 0.3) is 0 Å². The molecule has 0 radical (unpaired) electrons. The van der Waals surface area contributed by atoms with E-state index in [9.17, 15) is 15.3 Å². The Labute approximate surface area is 144 Å². The lowest BCUT2D eigenvalue weighted by molar-refractivity contribution is -0.0511. The first kappa shape index (κ1) is 17.5. The monoisotopic (exact) mass is 347 g/mol. The fourth-order valence-corrected chi connectivity index (χ4v) is 2.93. The van der Waals surface area contributed by atoms with Gasteiger partial charge in [-0.05, 0) is 0 Å². The standard InChI is InChI=1S/C16H21N5O4/c1-3-5-20(6-4-2)14-11-15(18-8-17-14)21(9-19-11)16-13(24)12(23)10(7-22)25-16/h3-4,8-10,12-13,16,22-24H,1-2,5-7H2/t10-,12-,13-,16?/m1/s1. The zero-order valence-electron chi connectivity index (χ0n) is 13.6. The normalized spacial score (nSPS) is 26.0. The largest absolute Gasteiger partial charge is 0.394 e. The Morgan fingerprint density at radius 1 is 1.16 bits per heavy atom. The Morgan fingerprint density at radius 2 is 1.88 bits per heavy atom. The predicted octanol–water partition coefficient (Wildman–Crippen LogP) is -0.384. The van der Waals surface area contributed by atoms with Gasteiger partial charge in [0, 0.05) is 13.1 Å². The molecule has 1 aliphatic heterocycles. The first-order chi connectivity index (χ1) is 12.1. The maximum absolute atomic E-state index is 10.2. The van der Waals surface area contributed by atoms with Crippen molar-refractivity contribution >= 4 is 17.0 Å². The van der Waals surface area contributed by atoms with Crippen molar-refractivity contribution < 1.29 is 20.1 Å². The second-order valence-electron chi connectivity index (χ2n) is 5.73. The van der Waals surface area contributed by atoms with Gasteiger partial charge in [0.1, 0.15) is 24.6 Å². The van der Waals surface area contributed by atoms with E-state index in [1.165, 1.54) is 17.2 Å². The van der Waals surface area contributed by atoms with E-state index in [1.54, 1.807) is 12.2 Å². The van der Waals surface area contributed by atoms with Crippen LogP contribution in [0.5, 0.6) is 0 Å². The molecule has 0 aliphatic carbocycles. The van der Waals surface area contributed by atoms with E-state index < -0.39 is 31.1 Å². The van der Waals surface area contributed by atoms with Crippen molar-refractivity contribution in [2.45, 2.75) is 24.5 Å². The molecule has 9 heteroatoms. The molecule has 9 nitrogen and oxygen atoms in total. The molecule has 0 spiro atoms. The fraction of sp³-hybridized carbons (Fsp3) is 0.438. The lowest BCUT2D eigenvalue weighted by atomic mass is 10.1. The summed E-state index contributed by atoms with van der Waals surface area (Å²) in [6, 6.07) is 0. The molecule has 1 aliphatic rings. The molecule has 3 rings (SSSR count). The summed E-state index contributed by atoms with van der Waals surface area (Å²) in [4.78, 5) is 14.8. The third-order valence-electron chi connectivity index (χ3n) is 4.13. The summed E-state index contributed by atoms with van der Waals surface area (Å²) in [7, 11) is 0. The lowest BCUT2D eigenvalue weighted by Crippen LogP contribution is -2.33. The fourth-order valence-electron chi connectivity index (χ4n) is 2.93. The number of hydrogen-bond acceptors (Lipinski definition) is 8. The van der Waals surface area contributed by atoms with Gasteiger partial charge in [-0.1, -0.05) is 12.2 Å². The van der Waals surface area contributed by atoms with Gasteiger partial charge in [-0.15, -0.1) is 13.2 Å². The summed E-state index contributed by atoms with van der Waals surface area (Å²) in [6.45, 7) is 8.20. The van der Waals surface area contributed by atoms with Gasteiger partial charge in [-0.25, -0.2) is 15.0 Å². The minimum atomic E-state index is -1.20. The molecular formula is C16H21N5O4. The van der Waals surface area contributed by atoms with E-state index in [0.717, 1.165) is 0 Å². The van der Waals surface area contributed by atoms with Crippen molar-refractivity contribution in [3.05, 3.63) is 38.0 Å². The maximum Gasteiger partial charge on any atom is 0.167 e. The number of hydrogen-bond donors (Lipinski definition) is 3. The van der Waals surface area contributed by atoms with Crippen molar-refractivity contribution in [3.8, 4) is 0 Å². The summed E-state index contributed by atoms with van der Waals surface area (Å²) < 4.78 is 7.08. The van der Waals surface area contributed by atoms with Crippen molar-refractivity contribution in [1.82, 2.24) is 19.5 Å². The third kappa shape index (κ3) is 3.02. The second-order valence-corrected chi connectivity index (χ2v) is 5.73. The Balaban J connectivity index is 2.01. The van der Waals surface area contributed by atoms with Crippen LogP contribution in [-0.4, -0.2) is 72.8 Å². The van der Waals surface area contributed by atoms with Gasteiger partial charge in [0.15, 0.2) is 23.2 Å². The summed E-state index contributed by atoms with van der Waals surface area (Å²) >= 11 is 0. The number of aliphatic hydroxyl groups is 3. The van der Waals surface area contributed by atoms with Crippen LogP contribution in [0.15, 0.2) is 38.0 Å². The molecule has 1 unspecified atom stereocenters. The highest BCUT2D eigenvalue weighted by molar-refractivity contribution is 5.83. The van der Waals surface area contributed by atoms with Crippen molar-refractivity contribution in [2.24, 2.45) is 0 Å². The topological polar surface area (TPSA) is 117 Å². The van der Waals surface area contributed by atoms with Crippen LogP contribution in [0.25, 0.3) is 11.2 Å². The van der Waals surface area contributed by atoms with Crippen LogP contribution in [0, 0.1) is 0 Å². The van der Waals surface area contributed by atoms with E-state index in [-0.39, 0.29) is 0 Å². The van der Waals surface area contributed by atoms with Crippen LogP contribution < -0.4 is 4.90 Å². The molecule has 2 aromatic heterocycles. The first-order valence-corrected chi connectivity index (χ1v) is 7.89. The lowest BCUT2D eigenvalue weighted by Gasteiger charge is -2.20. The molecule has 134 valence electrons. The van der Waals surface area contributed by atoms with E-state index >= 15 is 0 Å².